The van der Waals surface area contributed by atoms with Crippen molar-refractivity contribution in [1.29, 1.82) is 0 Å². The van der Waals surface area contributed by atoms with Gasteiger partial charge in [0.2, 0.25) is 0 Å². The Morgan fingerprint density at radius 1 is 1.03 bits per heavy atom. The Kier molecular flexibility index (Phi) is 8.24. The lowest BCUT2D eigenvalue weighted by molar-refractivity contribution is 0.150. The van der Waals surface area contributed by atoms with Crippen LogP contribution in [0.4, 0.5) is 0 Å². The highest BCUT2D eigenvalue weighted by molar-refractivity contribution is 7.80. The Morgan fingerprint density at radius 3 is 2.66 bits per heavy atom. The van der Waals surface area contributed by atoms with Crippen LogP contribution in [0.5, 0.6) is 0 Å². The van der Waals surface area contributed by atoms with E-state index in [0.717, 1.165) is 11.3 Å². The van der Waals surface area contributed by atoms with Gasteiger partial charge in [-0.25, -0.2) is 0 Å². The van der Waals surface area contributed by atoms with Crippen LogP contribution in [-0.2, 0) is 6.42 Å². The van der Waals surface area contributed by atoms with Crippen LogP contribution in [0.3, 0.4) is 0 Å². The largest absolute Gasteiger partial charge is 0.390 e. The van der Waals surface area contributed by atoms with E-state index in [9.17, 15) is 5.11 Å². The highest BCUT2D eigenvalue weighted by Crippen LogP contribution is 2.34. The normalized spacial score (nSPS) is 21.2. The smallest absolute Gasteiger partial charge is 0.171 e. The number of aliphatic hydroxyl groups is 1. The van der Waals surface area contributed by atoms with Crippen LogP contribution in [0.15, 0.2) is 60.0 Å². The molecule has 0 radical (unpaired) electrons. The van der Waals surface area contributed by atoms with E-state index < -0.39 is 13.6 Å². The zero-order chi connectivity index (χ0) is 22.3. The van der Waals surface area contributed by atoms with Gasteiger partial charge < -0.3 is 15.7 Å². The summed E-state index contributed by atoms with van der Waals surface area (Å²) in [7, 11) is -0.769. The van der Waals surface area contributed by atoms with Crippen molar-refractivity contribution >= 4 is 31.0 Å². The minimum atomic E-state index is -0.769. The molecule has 0 aromatic heterocycles. The van der Waals surface area contributed by atoms with Crippen molar-refractivity contribution in [3.8, 4) is 0 Å². The van der Waals surface area contributed by atoms with Crippen molar-refractivity contribution in [2.45, 2.75) is 64.0 Å². The molecule has 2 aromatic rings. The maximum Gasteiger partial charge on any atom is 0.171 e. The number of fused-ring (bicyclic) bond motifs is 2. The molecule has 1 aliphatic heterocycles. The molecule has 170 valence electrons. The fraction of sp³-hybridized carbons (Fsp3) is 0.407. The van der Waals surface area contributed by atoms with Gasteiger partial charge in [0.15, 0.2) is 5.11 Å². The Labute approximate surface area is 198 Å². The number of allylic oxidation sites excluding steroid dienone is 1. The Balaban J connectivity index is 1.43. The van der Waals surface area contributed by atoms with Crippen molar-refractivity contribution < 1.29 is 5.11 Å². The minimum absolute atomic E-state index is 0.157. The molecule has 0 amide bonds. The van der Waals surface area contributed by atoms with Crippen LogP contribution < -0.4 is 15.9 Å². The quantitative estimate of drug-likeness (QED) is 0.268. The van der Waals surface area contributed by atoms with Crippen LogP contribution in [0, 0.1) is 4.94 Å². The van der Waals surface area contributed by atoms with Crippen molar-refractivity contribution in [1.82, 2.24) is 10.6 Å². The molecule has 3 atom stereocenters. The number of hydrogen-bond donors (Lipinski definition) is 3. The van der Waals surface area contributed by atoms with Gasteiger partial charge in [-0.15, -0.1) is 0 Å². The van der Waals surface area contributed by atoms with Crippen molar-refractivity contribution in [2.24, 2.45) is 0 Å². The average Bonchev–Trinajstić information content (AvgIpc) is 3.11. The predicted molar refractivity (Wildman–Crippen MR) is 142 cm³/mol. The molecule has 4 rings (SSSR count). The molecular weight excluding hydrogens is 431 g/mol. The fourth-order valence-electron chi connectivity index (χ4n) is 4.82. The summed E-state index contributed by atoms with van der Waals surface area (Å²) in [6, 6.07) is 16.8. The van der Waals surface area contributed by atoms with E-state index in [1.54, 1.807) is 0 Å². The van der Waals surface area contributed by atoms with Gasteiger partial charge in [-0.3, -0.25) is 0 Å². The Morgan fingerprint density at radius 2 is 1.78 bits per heavy atom. The maximum absolute atomic E-state index is 10.5. The second kappa shape index (κ2) is 11.3. The monoisotopic (exact) mass is 466 g/mol. The minimum Gasteiger partial charge on any atom is -0.390 e. The third-order valence-electron chi connectivity index (χ3n) is 6.50. The van der Waals surface area contributed by atoms with Gasteiger partial charge in [-0.05, 0) is 58.0 Å². The topological polar surface area (TPSA) is 44.3 Å². The number of unbranched alkanes of at least 4 members (excludes halogenated alkanes) is 5. The Hall–Kier alpha value is -1.87. The summed E-state index contributed by atoms with van der Waals surface area (Å²) in [5.74, 6) is 2.42. The fourth-order valence-corrected chi connectivity index (χ4v) is 7.63. The number of benzene rings is 2. The number of hydrogen-bond acceptors (Lipinski definition) is 2. The van der Waals surface area contributed by atoms with Crippen LogP contribution in [-0.4, -0.2) is 22.5 Å². The first-order valence-electron chi connectivity index (χ1n) is 12.0. The molecule has 3 N–H and O–H groups in total. The summed E-state index contributed by atoms with van der Waals surface area (Å²) in [6.45, 7) is 2.27. The number of nitrogens with one attached hydrogen (secondary N) is 2. The molecular formula is C27H35N2OPS. The van der Waals surface area contributed by atoms with E-state index in [0.29, 0.717) is 11.5 Å². The summed E-state index contributed by atoms with van der Waals surface area (Å²) in [5, 5.41) is 19.2. The molecule has 0 fully saturated rings. The SMILES string of the molecule is CCCCCCCC[PH]1=c2ccccc2=CC(NC(=S)N[C@@H]2c3ccccc3C[C@@H]2O)=C1. The van der Waals surface area contributed by atoms with Crippen LogP contribution in [0.1, 0.15) is 62.6 Å². The van der Waals surface area contributed by atoms with Gasteiger partial charge in [0.25, 0.3) is 0 Å². The molecule has 2 aromatic carbocycles. The number of thiocarbonyl (C=S) groups is 1. The molecule has 0 saturated carbocycles. The molecule has 32 heavy (non-hydrogen) atoms. The first kappa shape index (κ1) is 23.3. The third kappa shape index (κ3) is 5.73. The maximum atomic E-state index is 10.5. The van der Waals surface area contributed by atoms with Crippen LogP contribution in [0.2, 0.25) is 0 Å². The lowest BCUT2D eigenvalue weighted by atomic mass is 10.1. The van der Waals surface area contributed by atoms with Gasteiger partial charge in [0, 0.05) is 12.1 Å². The molecule has 1 unspecified atom stereocenters. The lowest BCUT2D eigenvalue weighted by Gasteiger charge is -2.21. The van der Waals surface area contributed by atoms with E-state index in [-0.39, 0.29) is 6.04 Å². The lowest BCUT2D eigenvalue weighted by Crippen LogP contribution is -2.40. The highest BCUT2D eigenvalue weighted by atomic mass is 32.1. The molecule has 5 heteroatoms. The zero-order valence-corrected chi connectivity index (χ0v) is 20.8. The van der Waals surface area contributed by atoms with E-state index in [1.807, 2.05) is 12.1 Å². The third-order valence-corrected chi connectivity index (χ3v) is 9.41. The second-order valence-electron chi connectivity index (χ2n) is 8.92. The van der Waals surface area contributed by atoms with Gasteiger partial charge >= 0.3 is 0 Å². The molecule has 1 aliphatic carbocycles. The van der Waals surface area contributed by atoms with E-state index in [4.69, 9.17) is 12.2 Å². The van der Waals surface area contributed by atoms with Crippen LogP contribution in [0.25, 0.3) is 6.08 Å². The standard InChI is InChI=1S/C27H35N2OPS/c1-2-3-4-5-6-11-16-31-19-22(17-21-13-8-10-15-25(21)31)28-27(32)29-26-23-14-9-7-12-20(23)18-24(26)30/h7-10,12-15,17,19,24,26,30-31H,2-6,11,16,18H2,1H3,(H2,28,29,32)/t24-,26+/m0/s1. The van der Waals surface area contributed by atoms with E-state index in [1.165, 1.54) is 60.4 Å². The van der Waals surface area contributed by atoms with Gasteiger partial charge in [-0.2, -0.15) is 0 Å². The molecule has 1 heterocycles. The predicted octanol–water partition coefficient (Wildman–Crippen LogP) is 5.27. The summed E-state index contributed by atoms with van der Waals surface area (Å²) < 4.78 is 0. The first-order chi connectivity index (χ1) is 15.7. The van der Waals surface area contributed by atoms with E-state index in [2.05, 4.69) is 65.8 Å². The van der Waals surface area contributed by atoms with Crippen molar-refractivity contribution in [3.05, 3.63) is 81.3 Å². The molecule has 0 bridgehead atoms. The van der Waals surface area contributed by atoms with Gasteiger partial charge in [-0.1, -0.05) is 95.1 Å². The van der Waals surface area contributed by atoms with Crippen LogP contribution >= 0.6 is 19.8 Å². The summed E-state index contributed by atoms with van der Waals surface area (Å²) in [6.07, 6.45) is 11.7. The Bertz CT molecular complexity index is 1110. The van der Waals surface area contributed by atoms with E-state index >= 15 is 0 Å². The molecule has 0 saturated heterocycles. The zero-order valence-electron chi connectivity index (χ0n) is 18.9. The molecule has 2 aliphatic rings. The summed E-state index contributed by atoms with van der Waals surface area (Å²) in [5.41, 5.74) is 3.42. The molecule has 0 spiro atoms. The highest BCUT2D eigenvalue weighted by Gasteiger charge is 2.31. The van der Waals surface area contributed by atoms with Gasteiger partial charge in [0.05, 0.1) is 12.1 Å². The first-order valence-corrected chi connectivity index (χ1v) is 14.2. The second-order valence-corrected chi connectivity index (χ2v) is 11.7. The number of aliphatic hydroxyl groups excluding tert-OH is 1. The molecule has 3 nitrogen and oxygen atoms in total. The van der Waals surface area contributed by atoms with Gasteiger partial charge in [0.1, 0.15) is 0 Å². The average molecular weight is 467 g/mol. The summed E-state index contributed by atoms with van der Waals surface area (Å²) in [4.78, 5) is 1.51. The van der Waals surface area contributed by atoms with Crippen molar-refractivity contribution in [2.75, 3.05) is 6.16 Å². The number of rotatable bonds is 9. The summed E-state index contributed by atoms with van der Waals surface area (Å²) >= 11 is 5.65. The van der Waals surface area contributed by atoms with Crippen molar-refractivity contribution in [3.63, 3.8) is 0 Å².